The molecule has 1 aliphatic rings. The average Bonchev–Trinajstić information content (AvgIpc) is 2.85. The predicted octanol–water partition coefficient (Wildman–Crippen LogP) is 2.23. The molecule has 1 atom stereocenters. The number of hydrogen-bond donors (Lipinski definition) is 0. The first-order chi connectivity index (χ1) is 11.6. The van der Waals surface area contributed by atoms with Gasteiger partial charge in [0.1, 0.15) is 12.6 Å². The number of hydrogen-bond acceptors (Lipinski definition) is 6. The van der Waals surface area contributed by atoms with Crippen LogP contribution in [0.4, 0.5) is 0 Å². The zero-order valence-corrected chi connectivity index (χ0v) is 14.0. The first kappa shape index (κ1) is 17.8. The number of benzene rings is 1. The van der Waals surface area contributed by atoms with E-state index < -0.39 is 23.8 Å². The van der Waals surface area contributed by atoms with Crippen molar-refractivity contribution in [3.05, 3.63) is 59.7 Å². The number of carbonyl (C=O) groups is 3. The molecule has 0 unspecified atom stereocenters. The fraction of sp³-hybridized carbons (Fsp3) is 0.235. The lowest BCUT2D eigenvalue weighted by Gasteiger charge is -2.23. The maximum atomic E-state index is 12.5. The van der Waals surface area contributed by atoms with E-state index in [1.807, 2.05) is 0 Å². The number of imide groups is 1. The third-order valence-electron chi connectivity index (χ3n) is 3.29. The minimum atomic E-state index is -1.02. The summed E-state index contributed by atoms with van der Waals surface area (Å²) in [4.78, 5) is 38.4. The van der Waals surface area contributed by atoms with Crippen molar-refractivity contribution in [3.8, 4) is 0 Å². The molecule has 0 saturated heterocycles. The molecule has 0 N–H and O–H groups in total. The number of carbonyl (C=O) groups excluding carboxylic acids is 3. The van der Waals surface area contributed by atoms with Crippen molar-refractivity contribution in [1.29, 1.82) is 0 Å². The first-order valence-corrected chi connectivity index (χ1v) is 8.20. The van der Waals surface area contributed by atoms with Gasteiger partial charge in [0.2, 0.25) is 0 Å². The van der Waals surface area contributed by atoms with E-state index in [1.165, 1.54) is 31.2 Å². The van der Waals surface area contributed by atoms with Gasteiger partial charge < -0.3 is 9.47 Å². The van der Waals surface area contributed by atoms with Crippen LogP contribution in [-0.2, 0) is 14.3 Å². The van der Waals surface area contributed by atoms with Gasteiger partial charge in [0.05, 0.1) is 24.5 Å². The summed E-state index contributed by atoms with van der Waals surface area (Å²) in [7, 11) is 1.50. The van der Waals surface area contributed by atoms with E-state index in [2.05, 4.69) is 6.58 Å². The third kappa shape index (κ3) is 3.68. The van der Waals surface area contributed by atoms with Gasteiger partial charge in [0.25, 0.3) is 11.8 Å². The molecule has 1 heterocycles. The fourth-order valence-corrected chi connectivity index (χ4v) is 2.99. The highest BCUT2D eigenvalue weighted by Crippen LogP contribution is 2.26. The molecule has 6 nitrogen and oxygen atoms in total. The molecule has 0 aromatic heterocycles. The Labute approximate surface area is 144 Å². The van der Waals surface area contributed by atoms with Crippen molar-refractivity contribution in [2.75, 3.05) is 19.5 Å². The Morgan fingerprint density at radius 3 is 2.46 bits per heavy atom. The molecule has 126 valence electrons. The zero-order valence-electron chi connectivity index (χ0n) is 13.1. The van der Waals surface area contributed by atoms with Crippen LogP contribution >= 0.6 is 11.8 Å². The van der Waals surface area contributed by atoms with Crippen LogP contribution < -0.4 is 0 Å². The number of amides is 2. The van der Waals surface area contributed by atoms with E-state index in [0.717, 1.165) is 4.90 Å². The summed E-state index contributed by atoms with van der Waals surface area (Å²) in [5.74, 6) is -1.47. The average molecular weight is 347 g/mol. The lowest BCUT2D eigenvalue weighted by Crippen LogP contribution is -2.47. The zero-order chi connectivity index (χ0) is 17.5. The van der Waals surface area contributed by atoms with E-state index >= 15 is 0 Å². The number of nitrogens with zero attached hydrogens (tertiary/aromatic N) is 1. The molecule has 2 rings (SSSR count). The summed E-state index contributed by atoms with van der Waals surface area (Å²) in [6, 6.07) is 5.46. The molecule has 0 aliphatic carbocycles. The predicted molar refractivity (Wildman–Crippen MR) is 90.5 cm³/mol. The maximum Gasteiger partial charge on any atom is 0.330 e. The van der Waals surface area contributed by atoms with Gasteiger partial charge in [0, 0.05) is 11.2 Å². The van der Waals surface area contributed by atoms with Gasteiger partial charge in [0.15, 0.2) is 0 Å². The maximum absolute atomic E-state index is 12.5. The molecule has 0 fully saturated rings. The van der Waals surface area contributed by atoms with Crippen LogP contribution in [-0.4, -0.2) is 48.2 Å². The highest BCUT2D eigenvalue weighted by Gasteiger charge is 2.43. The van der Waals surface area contributed by atoms with E-state index in [0.29, 0.717) is 11.1 Å². The van der Waals surface area contributed by atoms with Crippen LogP contribution in [0.25, 0.3) is 0 Å². The van der Waals surface area contributed by atoms with Crippen molar-refractivity contribution in [2.24, 2.45) is 0 Å². The van der Waals surface area contributed by atoms with E-state index in [9.17, 15) is 14.4 Å². The van der Waals surface area contributed by atoms with Gasteiger partial charge in [-0.3, -0.25) is 14.5 Å². The van der Waals surface area contributed by atoms with Gasteiger partial charge in [-0.15, -0.1) is 11.8 Å². The normalized spacial score (nSPS) is 14.6. The van der Waals surface area contributed by atoms with E-state index in [1.54, 1.807) is 29.7 Å². The minimum absolute atomic E-state index is 0.0110. The second kappa shape index (κ2) is 8.35. The SMILES string of the molecule is C=CCOC(=O)[C@@H](CS/C=C/OC)N1C(=O)c2ccccc2C1=O. The number of esters is 1. The smallest absolute Gasteiger partial charge is 0.330 e. The Hall–Kier alpha value is -2.54. The van der Waals surface area contributed by atoms with Gasteiger partial charge in [-0.25, -0.2) is 4.79 Å². The standard InChI is InChI=1S/C17H17NO5S/c1-3-8-23-17(21)14(11-24-10-9-22-2)18-15(19)12-6-4-5-7-13(12)16(18)20/h3-7,9-10,14H,1,8,11H2,2H3/b10-9+/t14-/m1/s1. The van der Waals surface area contributed by atoms with Crippen molar-refractivity contribution < 1.29 is 23.9 Å². The summed E-state index contributed by atoms with van der Waals surface area (Å²) >= 11 is 1.24. The molecule has 0 radical (unpaired) electrons. The molecule has 0 spiro atoms. The number of thioether (sulfide) groups is 1. The molecule has 7 heteroatoms. The van der Waals surface area contributed by atoms with Crippen molar-refractivity contribution >= 4 is 29.5 Å². The lowest BCUT2D eigenvalue weighted by atomic mass is 10.1. The van der Waals surface area contributed by atoms with Crippen LogP contribution in [0.2, 0.25) is 0 Å². The van der Waals surface area contributed by atoms with E-state index in [-0.39, 0.29) is 12.4 Å². The molecule has 2 amide bonds. The van der Waals surface area contributed by atoms with Crippen LogP contribution in [0.5, 0.6) is 0 Å². The Morgan fingerprint density at radius 2 is 1.92 bits per heavy atom. The quantitative estimate of drug-likeness (QED) is 0.311. The summed E-state index contributed by atoms with van der Waals surface area (Å²) in [5.41, 5.74) is 0.586. The van der Waals surface area contributed by atoms with Crippen LogP contribution in [0.15, 0.2) is 48.6 Å². The molecule has 0 saturated carbocycles. The molecule has 1 aliphatic heterocycles. The largest absolute Gasteiger partial charge is 0.504 e. The van der Waals surface area contributed by atoms with Crippen LogP contribution in [0.1, 0.15) is 20.7 Å². The van der Waals surface area contributed by atoms with Gasteiger partial charge >= 0.3 is 5.97 Å². The second-order valence-corrected chi connectivity index (χ2v) is 5.74. The van der Waals surface area contributed by atoms with Crippen molar-refractivity contribution in [2.45, 2.75) is 6.04 Å². The highest BCUT2D eigenvalue weighted by molar-refractivity contribution is 8.02. The topological polar surface area (TPSA) is 72.9 Å². The number of fused-ring (bicyclic) bond motifs is 1. The van der Waals surface area contributed by atoms with Gasteiger partial charge in [-0.1, -0.05) is 24.8 Å². The molecule has 24 heavy (non-hydrogen) atoms. The molecule has 0 bridgehead atoms. The Balaban J connectivity index is 2.24. The number of methoxy groups -OCH3 is 1. The summed E-state index contributed by atoms with van der Waals surface area (Å²) in [6.45, 7) is 3.49. The molecular weight excluding hydrogens is 330 g/mol. The Morgan fingerprint density at radius 1 is 1.29 bits per heavy atom. The highest BCUT2D eigenvalue weighted by atomic mass is 32.2. The Bertz CT molecular complexity index is 650. The molecule has 1 aromatic carbocycles. The van der Waals surface area contributed by atoms with Gasteiger partial charge in [-0.05, 0) is 12.1 Å². The lowest BCUT2D eigenvalue weighted by molar-refractivity contribution is -0.146. The van der Waals surface area contributed by atoms with Crippen molar-refractivity contribution in [3.63, 3.8) is 0 Å². The Kier molecular flexibility index (Phi) is 6.20. The first-order valence-electron chi connectivity index (χ1n) is 7.15. The second-order valence-electron chi connectivity index (χ2n) is 4.80. The van der Waals surface area contributed by atoms with E-state index in [4.69, 9.17) is 9.47 Å². The third-order valence-corrected chi connectivity index (χ3v) is 4.11. The fourth-order valence-electron chi connectivity index (χ4n) is 2.22. The minimum Gasteiger partial charge on any atom is -0.504 e. The number of rotatable bonds is 8. The summed E-state index contributed by atoms with van der Waals surface area (Å²) < 4.78 is 9.84. The molecule has 1 aromatic rings. The number of ether oxygens (including phenoxy) is 2. The molecular formula is C17H17NO5S. The van der Waals surface area contributed by atoms with Crippen molar-refractivity contribution in [1.82, 2.24) is 4.90 Å². The van der Waals surface area contributed by atoms with Crippen LogP contribution in [0, 0.1) is 0 Å². The summed E-state index contributed by atoms with van der Waals surface area (Å²) in [6.07, 6.45) is 2.87. The summed E-state index contributed by atoms with van der Waals surface area (Å²) in [5, 5.41) is 1.63. The monoisotopic (exact) mass is 347 g/mol. The van der Waals surface area contributed by atoms with Gasteiger partial charge in [-0.2, -0.15) is 0 Å². The van der Waals surface area contributed by atoms with Crippen LogP contribution in [0.3, 0.4) is 0 Å².